The lowest BCUT2D eigenvalue weighted by molar-refractivity contribution is -0.139. The monoisotopic (exact) mass is 409 g/mol. The molecule has 160 valence electrons. The maximum atomic E-state index is 13.2. The van der Waals surface area contributed by atoms with E-state index in [1.54, 1.807) is 11.8 Å². The lowest BCUT2D eigenvalue weighted by atomic mass is 9.90. The second kappa shape index (κ2) is 9.28. The number of hydrogen-bond donors (Lipinski definition) is 1. The highest BCUT2D eigenvalue weighted by molar-refractivity contribution is 6.09. The third kappa shape index (κ3) is 4.32. The first-order valence-corrected chi connectivity index (χ1v) is 10.8. The molecule has 1 heterocycles. The summed E-state index contributed by atoms with van der Waals surface area (Å²) in [5.41, 5.74) is -0.470. The molecule has 30 heavy (non-hydrogen) atoms. The maximum absolute atomic E-state index is 13.2. The van der Waals surface area contributed by atoms with Gasteiger partial charge in [-0.3, -0.25) is 14.5 Å². The topological polar surface area (TPSA) is 69.7 Å². The van der Waals surface area contributed by atoms with Gasteiger partial charge in [0, 0.05) is 13.1 Å². The van der Waals surface area contributed by atoms with E-state index in [1.165, 1.54) is 0 Å². The van der Waals surface area contributed by atoms with E-state index in [1.807, 2.05) is 42.5 Å². The van der Waals surface area contributed by atoms with Gasteiger partial charge < -0.3 is 10.2 Å². The molecule has 0 aromatic heterocycles. The zero-order valence-corrected chi connectivity index (χ0v) is 18.1. The molecule has 2 aromatic rings. The van der Waals surface area contributed by atoms with Crippen molar-refractivity contribution >= 4 is 28.6 Å². The molecule has 1 aliphatic rings. The minimum absolute atomic E-state index is 0.178. The molecular formula is C24H31N3O3. The smallest absolute Gasteiger partial charge is 0.325 e. The summed E-state index contributed by atoms with van der Waals surface area (Å²) in [6.07, 6.45) is 3.78. The Balaban J connectivity index is 1.79. The molecule has 0 bridgehead atoms. The van der Waals surface area contributed by atoms with Crippen LogP contribution in [-0.2, 0) is 15.1 Å². The summed E-state index contributed by atoms with van der Waals surface area (Å²) in [6.45, 7) is 6.95. The minimum atomic E-state index is -1.18. The first kappa shape index (κ1) is 21.8. The maximum Gasteiger partial charge on any atom is 0.325 e. The second-order valence-electron chi connectivity index (χ2n) is 8.10. The van der Waals surface area contributed by atoms with E-state index in [0.717, 1.165) is 41.4 Å². The summed E-state index contributed by atoms with van der Waals surface area (Å²) < 4.78 is 0. The summed E-state index contributed by atoms with van der Waals surface area (Å²) >= 11 is 0. The Hall–Kier alpha value is -2.89. The standard InChI is InChI=1S/C24H31N3O3/c1-4-6-14-26(15-7-5-2)21(28)17-27-22(29)24(3,25-23(27)30)20-13-12-18-10-8-9-11-19(18)16-20/h8-13,16H,4-7,14-15,17H2,1-3H3,(H,25,30). The van der Waals surface area contributed by atoms with Gasteiger partial charge in [-0.2, -0.15) is 0 Å². The molecule has 0 spiro atoms. The molecule has 1 fully saturated rings. The Bertz CT molecular complexity index is 934. The Morgan fingerprint density at radius 2 is 1.63 bits per heavy atom. The Labute approximate surface area is 178 Å². The van der Waals surface area contributed by atoms with Crippen molar-refractivity contribution in [3.63, 3.8) is 0 Å². The van der Waals surface area contributed by atoms with Gasteiger partial charge in [-0.25, -0.2) is 4.79 Å². The summed E-state index contributed by atoms with van der Waals surface area (Å²) in [7, 11) is 0. The molecule has 1 aliphatic heterocycles. The second-order valence-corrected chi connectivity index (χ2v) is 8.10. The van der Waals surface area contributed by atoms with Crippen molar-refractivity contribution in [1.29, 1.82) is 0 Å². The number of nitrogens with zero attached hydrogens (tertiary/aromatic N) is 2. The van der Waals surface area contributed by atoms with Crippen LogP contribution in [-0.4, -0.2) is 47.3 Å². The quantitative estimate of drug-likeness (QED) is 0.636. The van der Waals surface area contributed by atoms with E-state index in [0.29, 0.717) is 18.7 Å². The Morgan fingerprint density at radius 1 is 1.00 bits per heavy atom. The van der Waals surface area contributed by atoms with Crippen LogP contribution in [0.4, 0.5) is 4.79 Å². The number of nitrogens with one attached hydrogen (secondary N) is 1. The molecule has 6 heteroatoms. The predicted molar refractivity (Wildman–Crippen MR) is 118 cm³/mol. The molecule has 0 radical (unpaired) electrons. The van der Waals surface area contributed by atoms with Crippen LogP contribution in [0.1, 0.15) is 52.0 Å². The first-order chi connectivity index (χ1) is 14.4. The average molecular weight is 410 g/mol. The van der Waals surface area contributed by atoms with Crippen LogP contribution in [0.25, 0.3) is 10.8 Å². The van der Waals surface area contributed by atoms with E-state index < -0.39 is 11.6 Å². The van der Waals surface area contributed by atoms with Crippen molar-refractivity contribution in [3.8, 4) is 0 Å². The van der Waals surface area contributed by atoms with Crippen molar-refractivity contribution in [2.45, 2.75) is 52.0 Å². The van der Waals surface area contributed by atoms with E-state index in [9.17, 15) is 14.4 Å². The van der Waals surface area contributed by atoms with Crippen molar-refractivity contribution < 1.29 is 14.4 Å². The van der Waals surface area contributed by atoms with Crippen LogP contribution in [0.3, 0.4) is 0 Å². The van der Waals surface area contributed by atoms with Gasteiger partial charge in [-0.1, -0.05) is 63.1 Å². The van der Waals surface area contributed by atoms with Crippen LogP contribution in [0.2, 0.25) is 0 Å². The third-order valence-electron chi connectivity index (χ3n) is 5.81. The number of amides is 4. The van der Waals surface area contributed by atoms with Crippen molar-refractivity contribution in [2.75, 3.05) is 19.6 Å². The molecule has 0 saturated carbocycles. The van der Waals surface area contributed by atoms with E-state index in [4.69, 9.17) is 0 Å². The minimum Gasteiger partial charge on any atom is -0.341 e. The number of rotatable bonds is 9. The number of urea groups is 1. The number of imide groups is 1. The number of benzene rings is 2. The fraction of sp³-hybridized carbons (Fsp3) is 0.458. The molecule has 1 saturated heterocycles. The average Bonchev–Trinajstić information content (AvgIpc) is 2.97. The molecule has 6 nitrogen and oxygen atoms in total. The number of unbranched alkanes of at least 4 members (excludes halogenated alkanes) is 2. The predicted octanol–water partition coefficient (Wildman–Crippen LogP) is 4.04. The highest BCUT2D eigenvalue weighted by Crippen LogP contribution is 2.31. The number of carbonyl (C=O) groups excluding carboxylic acids is 3. The van der Waals surface area contributed by atoms with Crippen molar-refractivity contribution in [2.24, 2.45) is 0 Å². The molecule has 1 atom stereocenters. The summed E-state index contributed by atoms with van der Waals surface area (Å²) in [5, 5.41) is 4.87. The third-order valence-corrected chi connectivity index (χ3v) is 5.81. The van der Waals surface area contributed by atoms with E-state index in [-0.39, 0.29) is 18.4 Å². The molecule has 1 unspecified atom stereocenters. The van der Waals surface area contributed by atoms with Crippen LogP contribution in [0.5, 0.6) is 0 Å². The Kier molecular flexibility index (Phi) is 6.75. The summed E-state index contributed by atoms with van der Waals surface area (Å²) in [5.74, 6) is -0.565. The van der Waals surface area contributed by atoms with Gasteiger partial charge in [0.2, 0.25) is 5.91 Å². The first-order valence-electron chi connectivity index (χ1n) is 10.8. The molecule has 1 N–H and O–H groups in total. The van der Waals surface area contributed by atoms with Gasteiger partial charge in [-0.15, -0.1) is 0 Å². The van der Waals surface area contributed by atoms with Crippen molar-refractivity contribution in [1.82, 2.24) is 15.1 Å². The van der Waals surface area contributed by atoms with Crippen LogP contribution in [0.15, 0.2) is 42.5 Å². The molecular weight excluding hydrogens is 378 g/mol. The zero-order valence-electron chi connectivity index (χ0n) is 18.1. The van der Waals surface area contributed by atoms with Gasteiger partial charge in [-0.05, 0) is 42.2 Å². The van der Waals surface area contributed by atoms with Crippen LogP contribution in [0, 0.1) is 0 Å². The fourth-order valence-corrected chi connectivity index (χ4v) is 3.83. The van der Waals surface area contributed by atoms with E-state index in [2.05, 4.69) is 19.2 Å². The van der Waals surface area contributed by atoms with Crippen LogP contribution >= 0.6 is 0 Å². The molecule has 2 aromatic carbocycles. The lowest BCUT2D eigenvalue weighted by Gasteiger charge is -2.25. The molecule has 3 rings (SSSR count). The van der Waals surface area contributed by atoms with Gasteiger partial charge in [0.25, 0.3) is 5.91 Å². The number of fused-ring (bicyclic) bond motifs is 1. The highest BCUT2D eigenvalue weighted by atomic mass is 16.2. The fourth-order valence-electron chi connectivity index (χ4n) is 3.83. The SMILES string of the molecule is CCCCN(CCCC)C(=O)CN1C(=O)NC(C)(c2ccc3ccccc3c2)C1=O. The highest BCUT2D eigenvalue weighted by Gasteiger charge is 2.49. The van der Waals surface area contributed by atoms with Gasteiger partial charge in [0.15, 0.2) is 0 Å². The van der Waals surface area contributed by atoms with Gasteiger partial charge in [0.05, 0.1) is 0 Å². The summed E-state index contributed by atoms with van der Waals surface area (Å²) in [6, 6.07) is 13.1. The number of carbonyl (C=O) groups is 3. The zero-order chi connectivity index (χ0) is 21.7. The van der Waals surface area contributed by atoms with Gasteiger partial charge in [0.1, 0.15) is 12.1 Å². The number of hydrogen-bond acceptors (Lipinski definition) is 3. The normalized spacial score (nSPS) is 18.7. The molecule has 4 amide bonds. The lowest BCUT2D eigenvalue weighted by Crippen LogP contribution is -2.45. The largest absolute Gasteiger partial charge is 0.341 e. The van der Waals surface area contributed by atoms with E-state index >= 15 is 0 Å². The van der Waals surface area contributed by atoms with Crippen LogP contribution < -0.4 is 5.32 Å². The van der Waals surface area contributed by atoms with Gasteiger partial charge >= 0.3 is 6.03 Å². The molecule has 0 aliphatic carbocycles. The summed E-state index contributed by atoms with van der Waals surface area (Å²) in [4.78, 5) is 41.6. The van der Waals surface area contributed by atoms with Crippen molar-refractivity contribution in [3.05, 3.63) is 48.0 Å². The Morgan fingerprint density at radius 3 is 2.27 bits per heavy atom.